The Bertz CT molecular complexity index is 448. The molecule has 0 bridgehead atoms. The molecule has 0 radical (unpaired) electrons. The summed E-state index contributed by atoms with van der Waals surface area (Å²) >= 11 is 0. The fourth-order valence-corrected chi connectivity index (χ4v) is 1.52. The number of aromatic nitrogens is 1. The Hall–Kier alpha value is -1.70. The van der Waals surface area contributed by atoms with Gasteiger partial charge in [0.1, 0.15) is 0 Å². The van der Waals surface area contributed by atoms with E-state index in [1.807, 2.05) is 24.3 Å². The minimum atomic E-state index is -0.415. The molecule has 1 aromatic heterocycles. The molecule has 15 heavy (non-hydrogen) atoms. The Kier molecular flexibility index (Phi) is 2.77. The summed E-state index contributed by atoms with van der Waals surface area (Å²) in [6.07, 6.45) is 2.45. The molecule has 0 amide bonds. The van der Waals surface area contributed by atoms with Gasteiger partial charge in [-0.25, -0.2) is 4.98 Å². The standard InChI is InChI=1S/C13H12FN/c1-2-10-5-7-11(8-6-10)12-4-3-9-15-13(12)14/h3-9H,2H2,1H3. The zero-order valence-corrected chi connectivity index (χ0v) is 8.57. The van der Waals surface area contributed by atoms with Crippen LogP contribution in [0.5, 0.6) is 0 Å². The maximum atomic E-state index is 13.3. The number of hydrogen-bond donors (Lipinski definition) is 0. The van der Waals surface area contributed by atoms with E-state index in [4.69, 9.17) is 0 Å². The Labute approximate surface area is 88.6 Å². The third-order valence-electron chi connectivity index (χ3n) is 2.43. The highest BCUT2D eigenvalue weighted by atomic mass is 19.1. The molecule has 76 valence electrons. The van der Waals surface area contributed by atoms with Crippen LogP contribution in [-0.2, 0) is 6.42 Å². The van der Waals surface area contributed by atoms with E-state index in [0.29, 0.717) is 5.56 Å². The van der Waals surface area contributed by atoms with E-state index >= 15 is 0 Å². The minimum absolute atomic E-state index is 0.415. The average Bonchev–Trinajstić information content (AvgIpc) is 2.30. The van der Waals surface area contributed by atoms with E-state index in [1.54, 1.807) is 12.1 Å². The van der Waals surface area contributed by atoms with Gasteiger partial charge in [-0.15, -0.1) is 0 Å². The number of aryl methyl sites for hydroxylation is 1. The van der Waals surface area contributed by atoms with Gasteiger partial charge in [0.25, 0.3) is 0 Å². The summed E-state index contributed by atoms with van der Waals surface area (Å²) in [5.41, 5.74) is 2.68. The second-order valence-corrected chi connectivity index (χ2v) is 3.39. The average molecular weight is 201 g/mol. The highest BCUT2D eigenvalue weighted by Crippen LogP contribution is 2.21. The van der Waals surface area contributed by atoms with E-state index < -0.39 is 5.95 Å². The predicted octanol–water partition coefficient (Wildman–Crippen LogP) is 3.45. The van der Waals surface area contributed by atoms with Crippen molar-refractivity contribution in [2.24, 2.45) is 0 Å². The van der Waals surface area contributed by atoms with Crippen molar-refractivity contribution in [3.8, 4) is 11.1 Å². The Morgan fingerprint density at radius 3 is 2.47 bits per heavy atom. The van der Waals surface area contributed by atoms with Crippen LogP contribution >= 0.6 is 0 Å². The van der Waals surface area contributed by atoms with Crippen LogP contribution in [0.15, 0.2) is 42.6 Å². The molecule has 1 aromatic carbocycles. The van der Waals surface area contributed by atoms with Crippen LogP contribution in [0.25, 0.3) is 11.1 Å². The van der Waals surface area contributed by atoms with Gasteiger partial charge in [-0.3, -0.25) is 0 Å². The van der Waals surface area contributed by atoms with Gasteiger partial charge in [-0.05, 0) is 29.7 Å². The quantitative estimate of drug-likeness (QED) is 0.678. The zero-order valence-electron chi connectivity index (χ0n) is 8.57. The number of hydrogen-bond acceptors (Lipinski definition) is 1. The molecule has 0 spiro atoms. The van der Waals surface area contributed by atoms with Crippen molar-refractivity contribution in [3.05, 3.63) is 54.1 Å². The zero-order chi connectivity index (χ0) is 10.7. The first-order valence-electron chi connectivity index (χ1n) is 5.01. The van der Waals surface area contributed by atoms with E-state index in [0.717, 1.165) is 12.0 Å². The van der Waals surface area contributed by atoms with Crippen molar-refractivity contribution in [2.75, 3.05) is 0 Å². The lowest BCUT2D eigenvalue weighted by Crippen LogP contribution is -1.88. The molecule has 1 nitrogen and oxygen atoms in total. The van der Waals surface area contributed by atoms with Crippen LogP contribution in [0.2, 0.25) is 0 Å². The van der Waals surface area contributed by atoms with Crippen molar-refractivity contribution >= 4 is 0 Å². The van der Waals surface area contributed by atoms with Gasteiger partial charge in [-0.2, -0.15) is 4.39 Å². The lowest BCUT2D eigenvalue weighted by atomic mass is 10.0. The van der Waals surface area contributed by atoms with Crippen LogP contribution in [0.3, 0.4) is 0 Å². The molecule has 2 heteroatoms. The van der Waals surface area contributed by atoms with E-state index in [-0.39, 0.29) is 0 Å². The maximum absolute atomic E-state index is 13.3. The van der Waals surface area contributed by atoms with Gasteiger partial charge in [0.15, 0.2) is 0 Å². The highest BCUT2D eigenvalue weighted by Gasteiger charge is 2.04. The van der Waals surface area contributed by atoms with Crippen LogP contribution < -0.4 is 0 Å². The van der Waals surface area contributed by atoms with Gasteiger partial charge in [0.2, 0.25) is 5.95 Å². The third-order valence-corrected chi connectivity index (χ3v) is 2.43. The number of rotatable bonds is 2. The smallest absolute Gasteiger partial charge is 0.220 e. The summed E-state index contributed by atoms with van der Waals surface area (Å²) in [4.78, 5) is 3.63. The van der Waals surface area contributed by atoms with Gasteiger partial charge in [0, 0.05) is 11.8 Å². The minimum Gasteiger partial charge on any atom is -0.228 e. The van der Waals surface area contributed by atoms with E-state index in [9.17, 15) is 4.39 Å². The molecule has 0 fully saturated rings. The summed E-state index contributed by atoms with van der Waals surface area (Å²) in [7, 11) is 0. The molecule has 2 rings (SSSR count). The van der Waals surface area contributed by atoms with E-state index in [1.165, 1.54) is 11.8 Å². The molecule has 0 saturated heterocycles. The summed E-state index contributed by atoms with van der Waals surface area (Å²) < 4.78 is 13.3. The lowest BCUT2D eigenvalue weighted by Gasteiger charge is -2.03. The monoisotopic (exact) mass is 201 g/mol. The third kappa shape index (κ3) is 2.04. The molecular formula is C13H12FN. The molecule has 0 unspecified atom stereocenters. The predicted molar refractivity (Wildman–Crippen MR) is 59.0 cm³/mol. The van der Waals surface area contributed by atoms with Gasteiger partial charge < -0.3 is 0 Å². The van der Waals surface area contributed by atoms with Gasteiger partial charge in [-0.1, -0.05) is 31.2 Å². The first-order valence-corrected chi connectivity index (χ1v) is 5.01. The lowest BCUT2D eigenvalue weighted by molar-refractivity contribution is 0.587. The molecule has 0 atom stereocenters. The molecule has 0 aliphatic rings. The molecule has 0 aliphatic carbocycles. The number of halogens is 1. The SMILES string of the molecule is CCc1ccc(-c2cccnc2F)cc1. The molecule has 2 aromatic rings. The van der Waals surface area contributed by atoms with Gasteiger partial charge >= 0.3 is 0 Å². The summed E-state index contributed by atoms with van der Waals surface area (Å²) in [6.45, 7) is 2.10. The number of benzene rings is 1. The Morgan fingerprint density at radius 2 is 1.87 bits per heavy atom. The molecule has 0 N–H and O–H groups in total. The molecule has 0 saturated carbocycles. The van der Waals surface area contributed by atoms with Crippen LogP contribution in [-0.4, -0.2) is 4.98 Å². The summed E-state index contributed by atoms with van der Waals surface area (Å²) in [5, 5.41) is 0. The fourth-order valence-electron chi connectivity index (χ4n) is 1.52. The molecule has 0 aliphatic heterocycles. The molecule has 1 heterocycles. The van der Waals surface area contributed by atoms with Crippen molar-refractivity contribution in [2.45, 2.75) is 13.3 Å². The van der Waals surface area contributed by atoms with Gasteiger partial charge in [0.05, 0.1) is 0 Å². The molecular weight excluding hydrogens is 189 g/mol. The maximum Gasteiger partial charge on any atom is 0.220 e. The summed E-state index contributed by atoms with van der Waals surface area (Å²) in [6, 6.07) is 11.4. The first kappa shape index (κ1) is 9.84. The number of pyridine rings is 1. The normalized spacial score (nSPS) is 10.3. The van der Waals surface area contributed by atoms with Crippen molar-refractivity contribution in [1.82, 2.24) is 4.98 Å². The number of nitrogens with zero attached hydrogens (tertiary/aromatic N) is 1. The fraction of sp³-hybridized carbons (Fsp3) is 0.154. The van der Waals surface area contributed by atoms with Crippen molar-refractivity contribution < 1.29 is 4.39 Å². The Morgan fingerprint density at radius 1 is 1.13 bits per heavy atom. The van der Waals surface area contributed by atoms with Crippen molar-refractivity contribution in [3.63, 3.8) is 0 Å². The largest absolute Gasteiger partial charge is 0.228 e. The summed E-state index contributed by atoms with van der Waals surface area (Å²) in [5.74, 6) is -0.415. The highest BCUT2D eigenvalue weighted by molar-refractivity contribution is 5.63. The van der Waals surface area contributed by atoms with Crippen LogP contribution in [0.1, 0.15) is 12.5 Å². The second kappa shape index (κ2) is 4.22. The Balaban J connectivity index is 2.42. The van der Waals surface area contributed by atoms with Crippen molar-refractivity contribution in [1.29, 1.82) is 0 Å². The van der Waals surface area contributed by atoms with Crippen LogP contribution in [0.4, 0.5) is 4.39 Å². The van der Waals surface area contributed by atoms with E-state index in [2.05, 4.69) is 11.9 Å². The topological polar surface area (TPSA) is 12.9 Å². The van der Waals surface area contributed by atoms with Crippen LogP contribution in [0, 0.1) is 5.95 Å². The second-order valence-electron chi connectivity index (χ2n) is 3.39. The first-order chi connectivity index (χ1) is 7.31.